The van der Waals surface area contributed by atoms with Gasteiger partial charge < -0.3 is 10.2 Å². The Bertz CT molecular complexity index is 510. The van der Waals surface area contributed by atoms with Crippen LogP contribution in [0.5, 0.6) is 0 Å². The number of alkyl halides is 1. The van der Waals surface area contributed by atoms with Gasteiger partial charge in [-0.1, -0.05) is 27.5 Å². The number of halogens is 2. The molecule has 0 fully saturated rings. The molecule has 6 heteroatoms. The largest absolute Gasteiger partial charge is 0.345 e. The molecule has 0 radical (unpaired) electrons. The maximum Gasteiger partial charge on any atom is 0.253 e. The van der Waals surface area contributed by atoms with E-state index in [2.05, 4.69) is 21.2 Å². The van der Waals surface area contributed by atoms with Gasteiger partial charge in [0.25, 0.3) is 5.91 Å². The Morgan fingerprint density at radius 3 is 2.37 bits per heavy atom. The number of carbonyl (C=O) groups excluding carboxylic acids is 2. The molecule has 0 heterocycles. The van der Waals surface area contributed by atoms with Gasteiger partial charge in [-0.25, -0.2) is 0 Å². The lowest BCUT2D eigenvalue weighted by Crippen LogP contribution is -2.31. The Hall–Kier alpha value is -1.07. The number of hydrogen-bond donors (Lipinski definition) is 1. The van der Waals surface area contributed by atoms with E-state index >= 15 is 0 Å². The van der Waals surface area contributed by atoms with Gasteiger partial charge in [0, 0.05) is 19.7 Å². The van der Waals surface area contributed by atoms with Gasteiger partial charge in [0.15, 0.2) is 0 Å². The average molecular weight is 348 g/mol. The normalized spacial score (nSPS) is 11.1. The first-order valence-corrected chi connectivity index (χ1v) is 6.81. The summed E-state index contributed by atoms with van der Waals surface area (Å²) in [6, 6.07) is 4.79. The summed E-state index contributed by atoms with van der Waals surface area (Å²) >= 11 is 9.29. The number of nitrogens with one attached hydrogen (secondary N) is 1. The van der Waals surface area contributed by atoms with Gasteiger partial charge in [-0.2, -0.15) is 0 Å². The van der Waals surface area contributed by atoms with Crippen molar-refractivity contribution in [1.29, 1.82) is 0 Å². The Morgan fingerprint density at radius 2 is 1.89 bits per heavy atom. The van der Waals surface area contributed by atoms with Crippen LogP contribution in [0.25, 0.3) is 0 Å². The first-order valence-electron chi connectivity index (χ1n) is 5.64. The van der Waals surface area contributed by atoms with Crippen LogP contribution in [-0.4, -0.2) is 35.1 Å². The Labute approximate surface area is 126 Å². The lowest BCUT2D eigenvalue weighted by molar-refractivity contribution is -0.117. The van der Waals surface area contributed by atoms with Crippen LogP contribution in [0.3, 0.4) is 0 Å². The molecule has 2 amide bonds. The van der Waals surface area contributed by atoms with Crippen molar-refractivity contribution in [3.8, 4) is 0 Å². The predicted octanol–water partition coefficient (Wildman–Crippen LogP) is 3.15. The summed E-state index contributed by atoms with van der Waals surface area (Å²) in [5, 5.41) is 3.09. The minimum absolute atomic E-state index is 0.148. The molecule has 0 aliphatic carbocycles. The van der Waals surface area contributed by atoms with Gasteiger partial charge >= 0.3 is 0 Å². The summed E-state index contributed by atoms with van der Waals surface area (Å²) in [4.78, 5) is 25.2. The summed E-state index contributed by atoms with van der Waals surface area (Å²) < 4.78 is -0.710. The Kier molecular flexibility index (Phi) is 4.98. The number of rotatable bonds is 3. The number of hydrogen-bond acceptors (Lipinski definition) is 2. The zero-order valence-electron chi connectivity index (χ0n) is 11.3. The van der Waals surface area contributed by atoms with Crippen LogP contribution in [0.4, 0.5) is 5.69 Å². The van der Waals surface area contributed by atoms with Gasteiger partial charge in [0.2, 0.25) is 5.91 Å². The van der Waals surface area contributed by atoms with Gasteiger partial charge in [-0.05, 0) is 32.0 Å². The first-order chi connectivity index (χ1) is 8.62. The van der Waals surface area contributed by atoms with Crippen molar-refractivity contribution in [3.05, 3.63) is 28.8 Å². The van der Waals surface area contributed by atoms with E-state index in [9.17, 15) is 9.59 Å². The molecule has 0 aromatic heterocycles. The molecule has 0 aliphatic heterocycles. The molecule has 1 N–H and O–H groups in total. The van der Waals surface area contributed by atoms with E-state index in [1.807, 2.05) is 0 Å². The summed E-state index contributed by atoms with van der Waals surface area (Å²) in [6.07, 6.45) is 0. The molecule has 1 rings (SSSR count). The van der Waals surface area contributed by atoms with Gasteiger partial charge in [0.05, 0.1) is 15.0 Å². The molecule has 19 heavy (non-hydrogen) atoms. The fourth-order valence-corrected chi connectivity index (χ4v) is 1.55. The highest BCUT2D eigenvalue weighted by molar-refractivity contribution is 9.10. The fourth-order valence-electron chi connectivity index (χ4n) is 1.28. The van der Waals surface area contributed by atoms with E-state index in [4.69, 9.17) is 11.6 Å². The Balaban J connectivity index is 3.05. The van der Waals surface area contributed by atoms with Crippen molar-refractivity contribution in [2.24, 2.45) is 0 Å². The molecule has 1 aromatic rings. The zero-order valence-corrected chi connectivity index (χ0v) is 13.6. The summed E-state index contributed by atoms with van der Waals surface area (Å²) in [5.41, 5.74) is 0.893. The van der Waals surface area contributed by atoms with Crippen LogP contribution in [0, 0.1) is 0 Å². The van der Waals surface area contributed by atoms with E-state index in [1.165, 1.54) is 4.90 Å². The molecule has 104 valence electrons. The Morgan fingerprint density at radius 1 is 1.32 bits per heavy atom. The van der Waals surface area contributed by atoms with Crippen molar-refractivity contribution < 1.29 is 9.59 Å². The van der Waals surface area contributed by atoms with Crippen molar-refractivity contribution in [3.63, 3.8) is 0 Å². The average Bonchev–Trinajstić information content (AvgIpc) is 2.29. The van der Waals surface area contributed by atoms with Gasteiger partial charge in [0.1, 0.15) is 0 Å². The minimum atomic E-state index is -0.710. The molecular weight excluding hydrogens is 332 g/mol. The van der Waals surface area contributed by atoms with Crippen molar-refractivity contribution >= 4 is 45.0 Å². The van der Waals surface area contributed by atoms with Crippen molar-refractivity contribution in [1.82, 2.24) is 4.90 Å². The van der Waals surface area contributed by atoms with E-state index in [0.717, 1.165) is 0 Å². The second kappa shape index (κ2) is 5.92. The molecule has 0 bridgehead atoms. The molecule has 0 saturated heterocycles. The van der Waals surface area contributed by atoms with Crippen LogP contribution < -0.4 is 5.32 Å². The van der Waals surface area contributed by atoms with Gasteiger partial charge in [-0.15, -0.1) is 0 Å². The van der Waals surface area contributed by atoms with Crippen LogP contribution in [0.15, 0.2) is 18.2 Å². The molecular formula is C13H16BrClN2O2. The lowest BCUT2D eigenvalue weighted by atomic mass is 10.1. The topological polar surface area (TPSA) is 49.4 Å². The highest BCUT2D eigenvalue weighted by Gasteiger charge is 2.24. The zero-order chi connectivity index (χ0) is 14.8. The maximum absolute atomic E-state index is 11.9. The number of anilines is 1. The van der Waals surface area contributed by atoms with Gasteiger partial charge in [-0.3, -0.25) is 9.59 Å². The second-order valence-electron chi connectivity index (χ2n) is 4.82. The monoisotopic (exact) mass is 346 g/mol. The molecule has 1 aromatic carbocycles. The number of amides is 2. The molecule has 0 unspecified atom stereocenters. The summed E-state index contributed by atoms with van der Waals surface area (Å²) in [6.45, 7) is 3.45. The molecule has 4 nitrogen and oxygen atoms in total. The third-order valence-corrected chi connectivity index (χ3v) is 3.10. The van der Waals surface area contributed by atoms with Crippen LogP contribution in [-0.2, 0) is 4.79 Å². The van der Waals surface area contributed by atoms with E-state index in [0.29, 0.717) is 16.3 Å². The molecule has 0 atom stereocenters. The third kappa shape index (κ3) is 4.21. The predicted molar refractivity (Wildman–Crippen MR) is 81.1 cm³/mol. The second-order valence-corrected chi connectivity index (χ2v) is 7.21. The van der Waals surface area contributed by atoms with E-state index < -0.39 is 4.32 Å². The van der Waals surface area contributed by atoms with Crippen LogP contribution in [0.2, 0.25) is 5.02 Å². The first kappa shape index (κ1) is 16.0. The minimum Gasteiger partial charge on any atom is -0.345 e. The SMILES string of the molecule is CN(C)C(=O)c1ccc(Cl)c(NC(=O)C(C)(C)Br)c1. The number of nitrogens with zero attached hydrogens (tertiary/aromatic N) is 1. The molecule has 0 saturated carbocycles. The fraction of sp³-hybridized carbons (Fsp3) is 0.385. The van der Waals surface area contributed by atoms with Crippen molar-refractivity contribution in [2.45, 2.75) is 18.2 Å². The number of carbonyl (C=O) groups is 2. The van der Waals surface area contributed by atoms with Crippen LogP contribution >= 0.6 is 27.5 Å². The van der Waals surface area contributed by atoms with E-state index in [1.54, 1.807) is 46.1 Å². The quantitative estimate of drug-likeness (QED) is 0.854. The highest BCUT2D eigenvalue weighted by Crippen LogP contribution is 2.26. The standard InChI is InChI=1S/C13H16BrClN2O2/c1-13(2,14)12(19)16-10-7-8(5-6-9(10)15)11(18)17(3)4/h5-7H,1-4H3,(H,16,19). The third-order valence-electron chi connectivity index (χ3n) is 2.41. The summed E-state index contributed by atoms with van der Waals surface area (Å²) in [5.74, 6) is -0.380. The highest BCUT2D eigenvalue weighted by atomic mass is 79.9. The molecule has 0 spiro atoms. The smallest absolute Gasteiger partial charge is 0.253 e. The maximum atomic E-state index is 11.9. The lowest BCUT2D eigenvalue weighted by Gasteiger charge is -2.17. The molecule has 0 aliphatic rings. The number of benzene rings is 1. The summed E-state index contributed by atoms with van der Waals surface area (Å²) in [7, 11) is 3.33. The van der Waals surface area contributed by atoms with Crippen molar-refractivity contribution in [2.75, 3.05) is 19.4 Å². The van der Waals surface area contributed by atoms with E-state index in [-0.39, 0.29) is 11.8 Å². The van der Waals surface area contributed by atoms with Crippen LogP contribution in [0.1, 0.15) is 24.2 Å².